The number of phenolic OH excluding ortho intramolecular Hbond substituents is 1. The highest BCUT2D eigenvalue weighted by Crippen LogP contribution is 2.26. The van der Waals surface area contributed by atoms with Crippen molar-refractivity contribution < 1.29 is 5.11 Å². The molecule has 0 aromatic heterocycles. The molecule has 2 N–H and O–H groups in total. The molecule has 0 spiro atoms. The second-order valence-electron chi connectivity index (χ2n) is 5.38. The van der Waals surface area contributed by atoms with Gasteiger partial charge in [-0.2, -0.15) is 0 Å². The lowest BCUT2D eigenvalue weighted by atomic mass is 10.0. The Balaban J connectivity index is 1.77. The third-order valence-corrected chi connectivity index (χ3v) is 3.73. The predicted octanol–water partition coefficient (Wildman–Crippen LogP) is 4.14. The molecule has 2 nitrogen and oxygen atoms in total. The molecule has 0 bridgehead atoms. The molecule has 0 aliphatic carbocycles. The lowest BCUT2D eigenvalue weighted by Crippen LogP contribution is -2.13. The number of benzene rings is 3. The number of rotatable bonds is 4. The van der Waals surface area contributed by atoms with Gasteiger partial charge in [-0.15, -0.1) is 0 Å². The summed E-state index contributed by atoms with van der Waals surface area (Å²) in [6.45, 7) is 3.55. The molecule has 0 aliphatic rings. The molecule has 21 heavy (non-hydrogen) atoms. The zero-order valence-corrected chi connectivity index (χ0v) is 12.1. The van der Waals surface area contributed by atoms with Crippen LogP contribution in [0.4, 0.5) is 0 Å². The van der Waals surface area contributed by atoms with Crippen LogP contribution < -0.4 is 5.32 Å². The standard InChI is InChI=1S/C19H19NO/c1-14-5-4-6-15(11-14)12-20-13-18-17-8-3-2-7-16(17)9-10-19(18)21/h2-11,20-21H,12-13H2,1H3. The van der Waals surface area contributed by atoms with Crippen LogP contribution >= 0.6 is 0 Å². The quantitative estimate of drug-likeness (QED) is 0.751. The van der Waals surface area contributed by atoms with Crippen molar-refractivity contribution in [2.45, 2.75) is 20.0 Å². The molecule has 3 aromatic rings. The van der Waals surface area contributed by atoms with Crippen molar-refractivity contribution >= 4 is 10.8 Å². The van der Waals surface area contributed by atoms with E-state index in [1.54, 1.807) is 6.07 Å². The minimum Gasteiger partial charge on any atom is -0.508 e. The molecule has 3 aromatic carbocycles. The van der Waals surface area contributed by atoms with Gasteiger partial charge < -0.3 is 10.4 Å². The Morgan fingerprint density at radius 2 is 1.76 bits per heavy atom. The third-order valence-electron chi connectivity index (χ3n) is 3.73. The van der Waals surface area contributed by atoms with Gasteiger partial charge in [-0.05, 0) is 29.3 Å². The summed E-state index contributed by atoms with van der Waals surface area (Å²) in [7, 11) is 0. The molecule has 0 heterocycles. The number of fused-ring (bicyclic) bond motifs is 1. The van der Waals surface area contributed by atoms with Crippen LogP contribution in [0.3, 0.4) is 0 Å². The second-order valence-corrected chi connectivity index (χ2v) is 5.38. The van der Waals surface area contributed by atoms with Gasteiger partial charge in [-0.25, -0.2) is 0 Å². The van der Waals surface area contributed by atoms with Gasteiger partial charge in [0.15, 0.2) is 0 Å². The van der Waals surface area contributed by atoms with Crippen LogP contribution in [0.15, 0.2) is 60.7 Å². The maximum Gasteiger partial charge on any atom is 0.120 e. The van der Waals surface area contributed by atoms with Gasteiger partial charge in [0.25, 0.3) is 0 Å². The zero-order valence-electron chi connectivity index (χ0n) is 12.1. The van der Waals surface area contributed by atoms with E-state index in [9.17, 15) is 5.11 Å². The van der Waals surface area contributed by atoms with Crippen molar-refractivity contribution in [3.8, 4) is 5.75 Å². The molecule has 0 saturated heterocycles. The molecule has 0 unspecified atom stereocenters. The summed E-state index contributed by atoms with van der Waals surface area (Å²) in [4.78, 5) is 0. The van der Waals surface area contributed by atoms with E-state index in [1.807, 2.05) is 18.2 Å². The van der Waals surface area contributed by atoms with Crippen molar-refractivity contribution in [3.63, 3.8) is 0 Å². The minimum atomic E-state index is 0.352. The maximum absolute atomic E-state index is 10.1. The maximum atomic E-state index is 10.1. The van der Waals surface area contributed by atoms with Gasteiger partial charge >= 0.3 is 0 Å². The number of aromatic hydroxyl groups is 1. The Labute approximate surface area is 125 Å². The molecule has 0 aliphatic heterocycles. The van der Waals surface area contributed by atoms with Crippen molar-refractivity contribution in [2.24, 2.45) is 0 Å². The SMILES string of the molecule is Cc1cccc(CNCc2c(O)ccc3ccccc23)c1. The summed E-state index contributed by atoms with van der Waals surface area (Å²) >= 11 is 0. The molecule has 0 atom stereocenters. The van der Waals surface area contributed by atoms with Crippen LogP contribution in [0.2, 0.25) is 0 Å². The first-order valence-electron chi connectivity index (χ1n) is 7.20. The van der Waals surface area contributed by atoms with Gasteiger partial charge in [0.1, 0.15) is 5.75 Å². The average molecular weight is 277 g/mol. The van der Waals surface area contributed by atoms with Crippen molar-refractivity contribution in [3.05, 3.63) is 77.4 Å². The number of hydrogen-bond donors (Lipinski definition) is 2. The topological polar surface area (TPSA) is 32.3 Å². The van der Waals surface area contributed by atoms with Crippen LogP contribution in [0.25, 0.3) is 10.8 Å². The first-order chi connectivity index (χ1) is 10.2. The average Bonchev–Trinajstić information content (AvgIpc) is 2.50. The summed E-state index contributed by atoms with van der Waals surface area (Å²) < 4.78 is 0. The van der Waals surface area contributed by atoms with Crippen LogP contribution in [-0.2, 0) is 13.1 Å². The predicted molar refractivity (Wildman–Crippen MR) is 87.3 cm³/mol. The van der Waals surface area contributed by atoms with Crippen LogP contribution in [0.1, 0.15) is 16.7 Å². The Morgan fingerprint density at radius 3 is 2.62 bits per heavy atom. The fourth-order valence-electron chi connectivity index (χ4n) is 2.66. The van der Waals surface area contributed by atoms with Crippen LogP contribution in [-0.4, -0.2) is 5.11 Å². The molecule has 0 amide bonds. The number of phenols is 1. The van der Waals surface area contributed by atoms with Gasteiger partial charge in [0, 0.05) is 18.7 Å². The number of aryl methyl sites for hydroxylation is 1. The Hall–Kier alpha value is -2.32. The smallest absolute Gasteiger partial charge is 0.120 e. The van der Waals surface area contributed by atoms with Gasteiger partial charge in [-0.1, -0.05) is 60.2 Å². The molecule has 0 fully saturated rings. The molecule has 3 rings (SSSR count). The fourth-order valence-corrected chi connectivity index (χ4v) is 2.66. The molecule has 0 saturated carbocycles. The van der Waals surface area contributed by atoms with E-state index >= 15 is 0 Å². The third kappa shape index (κ3) is 3.06. The first kappa shape index (κ1) is 13.7. The molecule has 0 radical (unpaired) electrons. The summed E-state index contributed by atoms with van der Waals surface area (Å²) in [5, 5.41) is 15.8. The molecule has 2 heteroatoms. The lowest BCUT2D eigenvalue weighted by Gasteiger charge is -2.11. The van der Waals surface area contributed by atoms with Crippen LogP contribution in [0.5, 0.6) is 5.75 Å². The van der Waals surface area contributed by atoms with E-state index in [0.717, 1.165) is 22.9 Å². The molecular weight excluding hydrogens is 258 g/mol. The monoisotopic (exact) mass is 277 g/mol. The fraction of sp³-hybridized carbons (Fsp3) is 0.158. The zero-order chi connectivity index (χ0) is 14.7. The number of nitrogens with one attached hydrogen (secondary N) is 1. The number of hydrogen-bond acceptors (Lipinski definition) is 2. The Kier molecular flexibility index (Phi) is 3.89. The van der Waals surface area contributed by atoms with Crippen molar-refractivity contribution in [1.82, 2.24) is 5.32 Å². The highest BCUT2D eigenvalue weighted by atomic mass is 16.3. The van der Waals surface area contributed by atoms with Gasteiger partial charge in [0.2, 0.25) is 0 Å². The van der Waals surface area contributed by atoms with E-state index in [-0.39, 0.29) is 0 Å². The molecular formula is C19H19NO. The van der Waals surface area contributed by atoms with E-state index in [0.29, 0.717) is 12.3 Å². The molecule has 106 valence electrons. The van der Waals surface area contributed by atoms with E-state index in [2.05, 4.69) is 48.6 Å². The second kappa shape index (κ2) is 5.98. The Bertz CT molecular complexity index is 764. The normalized spacial score (nSPS) is 10.9. The van der Waals surface area contributed by atoms with Crippen molar-refractivity contribution in [2.75, 3.05) is 0 Å². The van der Waals surface area contributed by atoms with Crippen LogP contribution in [0, 0.1) is 6.92 Å². The van der Waals surface area contributed by atoms with E-state index in [1.165, 1.54) is 11.1 Å². The summed E-state index contributed by atoms with van der Waals surface area (Å²) in [6.07, 6.45) is 0. The van der Waals surface area contributed by atoms with Gasteiger partial charge in [0.05, 0.1) is 0 Å². The summed E-state index contributed by atoms with van der Waals surface area (Å²) in [6, 6.07) is 20.3. The summed E-state index contributed by atoms with van der Waals surface area (Å²) in [5.41, 5.74) is 3.48. The van der Waals surface area contributed by atoms with Crippen molar-refractivity contribution in [1.29, 1.82) is 0 Å². The highest BCUT2D eigenvalue weighted by molar-refractivity contribution is 5.87. The summed E-state index contributed by atoms with van der Waals surface area (Å²) in [5.74, 6) is 0.352. The lowest BCUT2D eigenvalue weighted by molar-refractivity contribution is 0.466. The van der Waals surface area contributed by atoms with Gasteiger partial charge in [-0.3, -0.25) is 0 Å². The van der Waals surface area contributed by atoms with E-state index in [4.69, 9.17) is 0 Å². The first-order valence-corrected chi connectivity index (χ1v) is 7.20. The van der Waals surface area contributed by atoms with E-state index < -0.39 is 0 Å². The highest BCUT2D eigenvalue weighted by Gasteiger charge is 2.06. The largest absolute Gasteiger partial charge is 0.508 e. The Morgan fingerprint density at radius 1 is 0.905 bits per heavy atom. The minimum absolute atomic E-state index is 0.352.